The van der Waals surface area contributed by atoms with Gasteiger partial charge in [-0.25, -0.2) is 12.8 Å². The molecule has 1 heterocycles. The second-order valence-electron chi connectivity index (χ2n) is 4.55. The van der Waals surface area contributed by atoms with Gasteiger partial charge in [-0.05, 0) is 26.0 Å². The normalized spacial score (nSPS) is 10.9. The van der Waals surface area contributed by atoms with Crippen molar-refractivity contribution in [3.8, 4) is 17.6 Å². The molecule has 0 radical (unpaired) electrons. The molecule has 1 aromatic heterocycles. The molecule has 8 heteroatoms. The maximum absolute atomic E-state index is 13.3. The highest BCUT2D eigenvalue weighted by atomic mass is 32.2. The minimum absolute atomic E-state index is 0.0157. The second-order valence-corrected chi connectivity index (χ2v) is 6.25. The van der Waals surface area contributed by atoms with E-state index in [4.69, 9.17) is 9.26 Å². The van der Waals surface area contributed by atoms with Gasteiger partial charge in [-0.3, -0.25) is 0 Å². The van der Waals surface area contributed by atoms with Crippen molar-refractivity contribution in [2.24, 2.45) is 0 Å². The molecule has 0 spiro atoms. The zero-order valence-electron chi connectivity index (χ0n) is 12.6. The van der Waals surface area contributed by atoms with Crippen LogP contribution in [0.4, 0.5) is 4.39 Å². The van der Waals surface area contributed by atoms with Crippen LogP contribution in [0.1, 0.15) is 11.5 Å². The molecule has 6 nitrogen and oxygen atoms in total. The third kappa shape index (κ3) is 4.31. The highest BCUT2D eigenvalue weighted by Crippen LogP contribution is 2.18. The Morgan fingerprint density at radius 3 is 2.70 bits per heavy atom. The molecule has 0 bridgehead atoms. The van der Waals surface area contributed by atoms with E-state index in [1.807, 2.05) is 0 Å². The van der Waals surface area contributed by atoms with Crippen LogP contribution in [0.25, 0.3) is 0 Å². The molecule has 0 aliphatic rings. The van der Waals surface area contributed by atoms with Gasteiger partial charge < -0.3 is 9.26 Å². The summed E-state index contributed by atoms with van der Waals surface area (Å²) in [5.41, 5.74) is 0.283. The van der Waals surface area contributed by atoms with Crippen molar-refractivity contribution in [3.63, 3.8) is 0 Å². The summed E-state index contributed by atoms with van der Waals surface area (Å²) in [6.07, 6.45) is 0. The lowest BCUT2D eigenvalue weighted by Gasteiger charge is -2.03. The number of hydrogen-bond donors (Lipinski definition) is 1. The first-order valence-electron chi connectivity index (χ1n) is 6.67. The molecule has 0 aliphatic carbocycles. The quantitative estimate of drug-likeness (QED) is 0.841. The van der Waals surface area contributed by atoms with Gasteiger partial charge >= 0.3 is 0 Å². The molecule has 23 heavy (non-hydrogen) atoms. The van der Waals surface area contributed by atoms with Gasteiger partial charge in [0.05, 0.1) is 6.54 Å². The Bertz CT molecular complexity index is 830. The lowest BCUT2D eigenvalue weighted by molar-refractivity contribution is 0.348. The number of halogens is 1. The van der Waals surface area contributed by atoms with Crippen LogP contribution in [0.3, 0.4) is 0 Å². The Morgan fingerprint density at radius 1 is 1.30 bits per heavy atom. The molecule has 2 rings (SSSR count). The van der Waals surface area contributed by atoms with Crippen LogP contribution >= 0.6 is 0 Å². The number of hydrogen-bond acceptors (Lipinski definition) is 5. The molecule has 0 unspecified atom stereocenters. The lowest BCUT2D eigenvalue weighted by atomic mass is 10.3. The maximum atomic E-state index is 13.3. The van der Waals surface area contributed by atoms with Gasteiger partial charge in [-0.2, -0.15) is 4.72 Å². The van der Waals surface area contributed by atoms with Crippen molar-refractivity contribution >= 4 is 10.0 Å². The summed E-state index contributed by atoms with van der Waals surface area (Å²) in [6, 6.07) is 5.96. The van der Waals surface area contributed by atoms with E-state index in [0.29, 0.717) is 0 Å². The maximum Gasteiger partial charge on any atom is 0.246 e. The van der Waals surface area contributed by atoms with E-state index in [1.165, 1.54) is 19.1 Å². The van der Waals surface area contributed by atoms with E-state index in [1.54, 1.807) is 19.1 Å². The fourth-order valence-corrected chi connectivity index (χ4v) is 3.10. The van der Waals surface area contributed by atoms with Crippen LogP contribution < -0.4 is 9.46 Å². The van der Waals surface area contributed by atoms with Crippen molar-refractivity contribution in [2.75, 3.05) is 13.2 Å². The monoisotopic (exact) mass is 338 g/mol. The van der Waals surface area contributed by atoms with Gasteiger partial charge in [0.25, 0.3) is 0 Å². The molecular formula is C15H15FN2O4S. The minimum atomic E-state index is -3.73. The average Bonchev–Trinajstić information content (AvgIpc) is 2.84. The van der Waals surface area contributed by atoms with E-state index in [0.717, 1.165) is 0 Å². The first kappa shape index (κ1) is 17.0. The number of benzene rings is 1. The number of sulfonamides is 1. The third-order valence-corrected chi connectivity index (χ3v) is 4.49. The highest BCUT2D eigenvalue weighted by molar-refractivity contribution is 7.89. The Labute approximate surface area is 133 Å². The van der Waals surface area contributed by atoms with Crippen LogP contribution in [-0.4, -0.2) is 26.7 Å². The number of nitrogens with one attached hydrogen (secondary N) is 1. The summed E-state index contributed by atoms with van der Waals surface area (Å²) in [5.74, 6) is 5.03. The topological polar surface area (TPSA) is 81.4 Å². The number of rotatable bonds is 5. The Kier molecular flexibility index (Phi) is 5.36. The van der Waals surface area contributed by atoms with Gasteiger partial charge in [0.15, 0.2) is 17.3 Å². The van der Waals surface area contributed by atoms with Crippen LogP contribution in [-0.2, 0) is 10.0 Å². The molecule has 0 amide bonds. The standard InChI is InChI=1S/C15H15FN2O4S/c1-11-15(12(2)22-18-11)23(19,20)17-9-5-6-10-21-14-8-4-3-7-13(14)16/h3-4,7-8,17H,9-10H2,1-2H3. The first-order chi connectivity index (χ1) is 10.9. The van der Waals surface area contributed by atoms with Gasteiger partial charge in [-0.15, -0.1) is 0 Å². The Morgan fingerprint density at radius 2 is 2.04 bits per heavy atom. The highest BCUT2D eigenvalue weighted by Gasteiger charge is 2.23. The zero-order valence-corrected chi connectivity index (χ0v) is 13.4. The van der Waals surface area contributed by atoms with Crippen LogP contribution in [0.2, 0.25) is 0 Å². The first-order valence-corrected chi connectivity index (χ1v) is 8.15. The van der Waals surface area contributed by atoms with Crippen molar-refractivity contribution in [1.29, 1.82) is 0 Å². The molecule has 122 valence electrons. The lowest BCUT2D eigenvalue weighted by Crippen LogP contribution is -2.25. The van der Waals surface area contributed by atoms with Gasteiger partial charge in [0, 0.05) is 0 Å². The fraction of sp³-hybridized carbons (Fsp3) is 0.267. The van der Waals surface area contributed by atoms with Crippen molar-refractivity contribution in [1.82, 2.24) is 9.88 Å². The minimum Gasteiger partial charge on any atom is -0.478 e. The van der Waals surface area contributed by atoms with Crippen LogP contribution in [0.5, 0.6) is 5.75 Å². The Hall–Kier alpha value is -2.37. The smallest absolute Gasteiger partial charge is 0.246 e. The van der Waals surface area contributed by atoms with Crippen molar-refractivity contribution in [3.05, 3.63) is 41.5 Å². The van der Waals surface area contributed by atoms with E-state index in [-0.39, 0.29) is 35.3 Å². The van der Waals surface area contributed by atoms with Gasteiger partial charge in [0.2, 0.25) is 10.0 Å². The zero-order chi connectivity index (χ0) is 16.9. The molecule has 0 saturated heterocycles. The summed E-state index contributed by atoms with van der Waals surface area (Å²) in [4.78, 5) is 0.0157. The summed E-state index contributed by atoms with van der Waals surface area (Å²) >= 11 is 0. The van der Waals surface area contributed by atoms with Crippen molar-refractivity contribution < 1.29 is 22.1 Å². The number of para-hydroxylation sites is 1. The number of ether oxygens (including phenoxy) is 1. The number of aromatic nitrogens is 1. The average molecular weight is 338 g/mol. The number of nitrogens with zero attached hydrogens (tertiary/aromatic N) is 1. The summed E-state index contributed by atoms with van der Waals surface area (Å²) in [6.45, 7) is 2.91. The summed E-state index contributed by atoms with van der Waals surface area (Å²) in [7, 11) is -3.73. The molecule has 1 N–H and O–H groups in total. The predicted octanol–water partition coefficient (Wildman–Crippen LogP) is 1.79. The van der Waals surface area contributed by atoms with Crippen molar-refractivity contribution in [2.45, 2.75) is 18.7 Å². The van der Waals surface area contributed by atoms with E-state index < -0.39 is 15.8 Å². The van der Waals surface area contributed by atoms with E-state index in [2.05, 4.69) is 21.7 Å². The molecular weight excluding hydrogens is 323 g/mol. The van der Waals surface area contributed by atoms with Gasteiger partial charge in [-0.1, -0.05) is 29.1 Å². The molecule has 2 aromatic rings. The predicted molar refractivity (Wildman–Crippen MR) is 80.8 cm³/mol. The SMILES string of the molecule is Cc1noc(C)c1S(=O)(=O)NCC#CCOc1ccccc1F. The second kappa shape index (κ2) is 7.26. The third-order valence-electron chi connectivity index (χ3n) is 2.85. The van der Waals surface area contributed by atoms with E-state index >= 15 is 0 Å². The molecule has 0 atom stereocenters. The Balaban J connectivity index is 1.87. The largest absolute Gasteiger partial charge is 0.478 e. The van der Waals surface area contributed by atoms with E-state index in [9.17, 15) is 12.8 Å². The molecule has 1 aromatic carbocycles. The van der Waals surface area contributed by atoms with Crippen LogP contribution in [0, 0.1) is 31.5 Å². The number of aryl methyl sites for hydroxylation is 2. The molecule has 0 aliphatic heterocycles. The summed E-state index contributed by atoms with van der Waals surface area (Å²) < 4.78 is 49.7. The molecule has 0 saturated carbocycles. The summed E-state index contributed by atoms with van der Waals surface area (Å²) in [5, 5.41) is 3.60. The molecule has 0 fully saturated rings. The van der Waals surface area contributed by atoms with Gasteiger partial charge in [0.1, 0.15) is 17.2 Å². The van der Waals surface area contributed by atoms with Crippen LogP contribution in [0.15, 0.2) is 33.7 Å². The fourth-order valence-electron chi connectivity index (χ4n) is 1.85.